The number of hydrogen-bond acceptors (Lipinski definition) is 6. The van der Waals surface area contributed by atoms with E-state index in [1.807, 2.05) is 6.92 Å². The molecule has 0 radical (unpaired) electrons. The van der Waals surface area contributed by atoms with Gasteiger partial charge in [0.2, 0.25) is 21.8 Å². The van der Waals surface area contributed by atoms with Crippen molar-refractivity contribution in [3.8, 4) is 11.5 Å². The molecule has 2 amide bonds. The van der Waals surface area contributed by atoms with Crippen molar-refractivity contribution in [2.75, 3.05) is 36.9 Å². The first-order valence-corrected chi connectivity index (χ1v) is 13.6. The van der Waals surface area contributed by atoms with Crippen molar-refractivity contribution < 1.29 is 31.9 Å². The minimum Gasteiger partial charge on any atom is -0.486 e. The van der Waals surface area contributed by atoms with E-state index in [9.17, 15) is 22.4 Å². The molecule has 1 N–H and O–H groups in total. The number of nitrogens with zero attached hydrogens (tertiary/aromatic N) is 2. The number of rotatable bonds is 11. The van der Waals surface area contributed by atoms with Gasteiger partial charge >= 0.3 is 0 Å². The van der Waals surface area contributed by atoms with Crippen molar-refractivity contribution in [3.05, 3.63) is 53.8 Å². The normalized spacial score (nSPS) is 13.6. The van der Waals surface area contributed by atoms with Crippen LogP contribution in [0.3, 0.4) is 0 Å². The van der Waals surface area contributed by atoms with Crippen LogP contribution in [0.1, 0.15) is 32.3 Å². The molecule has 196 valence electrons. The third kappa shape index (κ3) is 7.09. The van der Waals surface area contributed by atoms with Gasteiger partial charge in [-0.2, -0.15) is 0 Å². The predicted molar refractivity (Wildman–Crippen MR) is 134 cm³/mol. The molecule has 3 rings (SSSR count). The fourth-order valence-electron chi connectivity index (χ4n) is 3.71. The second-order valence-corrected chi connectivity index (χ2v) is 10.5. The molecule has 1 heterocycles. The first kappa shape index (κ1) is 27.3. The molecule has 2 aromatic carbocycles. The highest BCUT2D eigenvalue weighted by atomic mass is 32.2. The molecule has 0 aromatic heterocycles. The molecule has 2 aromatic rings. The molecule has 1 atom stereocenters. The quantitative estimate of drug-likeness (QED) is 0.456. The Morgan fingerprint density at radius 3 is 2.39 bits per heavy atom. The van der Waals surface area contributed by atoms with Crippen molar-refractivity contribution >= 4 is 27.5 Å². The summed E-state index contributed by atoms with van der Waals surface area (Å²) in [6.07, 6.45) is 2.68. The summed E-state index contributed by atoms with van der Waals surface area (Å²) in [4.78, 5) is 27.6. The van der Waals surface area contributed by atoms with Gasteiger partial charge in [-0.15, -0.1) is 0 Å². The fourth-order valence-corrected chi connectivity index (χ4v) is 4.55. The Morgan fingerprint density at radius 2 is 1.75 bits per heavy atom. The lowest BCUT2D eigenvalue weighted by Gasteiger charge is -2.31. The SMILES string of the molecule is CCCCNC(=O)[C@@H](C)N(Cc1ccc(F)cc1)C(=O)CN(c1ccc2c(c1)OCCO2)S(C)(=O)=O. The number of sulfonamides is 1. The number of fused-ring (bicyclic) bond motifs is 1. The van der Waals surface area contributed by atoms with Gasteiger partial charge in [-0.3, -0.25) is 13.9 Å². The number of unbranched alkanes of at least 4 members (excludes halogenated alkanes) is 1. The summed E-state index contributed by atoms with van der Waals surface area (Å²) in [5.74, 6) is -0.502. The summed E-state index contributed by atoms with van der Waals surface area (Å²) in [7, 11) is -3.88. The van der Waals surface area contributed by atoms with Crippen molar-refractivity contribution in [1.82, 2.24) is 10.2 Å². The van der Waals surface area contributed by atoms with E-state index in [0.717, 1.165) is 23.4 Å². The molecule has 11 heteroatoms. The molecule has 0 unspecified atom stereocenters. The number of carbonyl (C=O) groups is 2. The monoisotopic (exact) mass is 521 g/mol. The Hall–Kier alpha value is -3.34. The second-order valence-electron chi connectivity index (χ2n) is 8.57. The Kier molecular flexibility index (Phi) is 9.14. The first-order valence-electron chi connectivity index (χ1n) is 11.8. The van der Waals surface area contributed by atoms with Crippen LogP contribution in [0, 0.1) is 5.82 Å². The summed E-state index contributed by atoms with van der Waals surface area (Å²) >= 11 is 0. The van der Waals surface area contributed by atoms with Crippen LogP contribution in [-0.4, -0.2) is 63.7 Å². The average Bonchev–Trinajstić information content (AvgIpc) is 2.85. The molecule has 36 heavy (non-hydrogen) atoms. The Morgan fingerprint density at radius 1 is 1.08 bits per heavy atom. The van der Waals surface area contributed by atoms with E-state index in [1.54, 1.807) is 13.0 Å². The minimum atomic E-state index is -3.88. The maximum absolute atomic E-state index is 13.5. The molecule has 0 saturated carbocycles. The predicted octanol–water partition coefficient (Wildman–Crippen LogP) is 2.70. The maximum atomic E-state index is 13.5. The highest BCUT2D eigenvalue weighted by molar-refractivity contribution is 7.92. The highest BCUT2D eigenvalue weighted by Crippen LogP contribution is 2.34. The smallest absolute Gasteiger partial charge is 0.244 e. The number of nitrogens with one attached hydrogen (secondary N) is 1. The second kappa shape index (κ2) is 12.1. The lowest BCUT2D eigenvalue weighted by Crippen LogP contribution is -2.51. The summed E-state index contributed by atoms with van der Waals surface area (Å²) in [5.41, 5.74) is 0.833. The topological polar surface area (TPSA) is 105 Å². The van der Waals surface area contributed by atoms with Gasteiger partial charge in [-0.05, 0) is 43.2 Å². The fraction of sp³-hybridized carbons (Fsp3) is 0.440. The van der Waals surface area contributed by atoms with Crippen LogP contribution in [0.2, 0.25) is 0 Å². The highest BCUT2D eigenvalue weighted by Gasteiger charge is 2.30. The lowest BCUT2D eigenvalue weighted by atomic mass is 10.1. The summed E-state index contributed by atoms with van der Waals surface area (Å²) in [6, 6.07) is 9.32. The Balaban J connectivity index is 1.88. The van der Waals surface area contributed by atoms with E-state index in [-0.39, 0.29) is 18.1 Å². The van der Waals surface area contributed by atoms with Gasteiger partial charge in [-0.25, -0.2) is 12.8 Å². The van der Waals surface area contributed by atoms with E-state index >= 15 is 0 Å². The maximum Gasteiger partial charge on any atom is 0.244 e. The van der Waals surface area contributed by atoms with Crippen LogP contribution in [-0.2, 0) is 26.2 Å². The zero-order valence-corrected chi connectivity index (χ0v) is 21.5. The Labute approximate surface area is 211 Å². The average molecular weight is 522 g/mol. The van der Waals surface area contributed by atoms with E-state index in [0.29, 0.717) is 36.8 Å². The van der Waals surface area contributed by atoms with Crippen LogP contribution in [0.4, 0.5) is 10.1 Å². The molecule has 0 spiro atoms. The summed E-state index contributed by atoms with van der Waals surface area (Å²) in [5, 5.41) is 2.81. The molecule has 1 aliphatic heterocycles. The molecular formula is C25H32FN3O6S. The minimum absolute atomic E-state index is 0.000217. The number of benzene rings is 2. The van der Waals surface area contributed by atoms with E-state index in [2.05, 4.69) is 5.32 Å². The van der Waals surface area contributed by atoms with Crippen molar-refractivity contribution in [1.29, 1.82) is 0 Å². The molecule has 0 aliphatic carbocycles. The molecule has 0 saturated heterocycles. The van der Waals surface area contributed by atoms with Crippen LogP contribution in [0.5, 0.6) is 11.5 Å². The molecular weight excluding hydrogens is 489 g/mol. The van der Waals surface area contributed by atoms with Gasteiger partial charge in [0.15, 0.2) is 11.5 Å². The third-order valence-electron chi connectivity index (χ3n) is 5.76. The van der Waals surface area contributed by atoms with Crippen molar-refractivity contribution in [3.63, 3.8) is 0 Å². The number of halogens is 1. The number of anilines is 1. The standard InChI is InChI=1S/C25H32FN3O6S/c1-4-5-12-27-25(31)18(2)28(16-19-6-8-20(26)9-7-19)24(30)17-29(36(3,32)33)21-10-11-22-23(15-21)35-14-13-34-22/h6-11,15,18H,4-5,12-14,16-17H2,1-3H3,(H,27,31)/t18-/m1/s1. The molecule has 9 nitrogen and oxygen atoms in total. The molecule has 1 aliphatic rings. The van der Waals surface area contributed by atoms with Crippen LogP contribution < -0.4 is 19.1 Å². The van der Waals surface area contributed by atoms with E-state index in [4.69, 9.17) is 9.47 Å². The molecule has 0 fully saturated rings. The van der Waals surface area contributed by atoms with Gasteiger partial charge in [-0.1, -0.05) is 25.5 Å². The van der Waals surface area contributed by atoms with Gasteiger partial charge in [0.25, 0.3) is 0 Å². The number of hydrogen-bond donors (Lipinski definition) is 1. The lowest BCUT2D eigenvalue weighted by molar-refractivity contribution is -0.139. The number of ether oxygens (including phenoxy) is 2. The van der Waals surface area contributed by atoms with Crippen molar-refractivity contribution in [2.24, 2.45) is 0 Å². The van der Waals surface area contributed by atoms with Gasteiger partial charge in [0, 0.05) is 19.2 Å². The zero-order valence-electron chi connectivity index (χ0n) is 20.7. The Bertz CT molecular complexity index is 1170. The van der Waals surface area contributed by atoms with Crippen molar-refractivity contribution in [2.45, 2.75) is 39.3 Å². The third-order valence-corrected chi connectivity index (χ3v) is 6.90. The molecule has 0 bridgehead atoms. The van der Waals surface area contributed by atoms with Crippen LogP contribution in [0.15, 0.2) is 42.5 Å². The van der Waals surface area contributed by atoms with Crippen LogP contribution in [0.25, 0.3) is 0 Å². The van der Waals surface area contributed by atoms with E-state index in [1.165, 1.54) is 41.3 Å². The number of amides is 2. The number of carbonyl (C=O) groups excluding carboxylic acids is 2. The summed E-state index contributed by atoms with van der Waals surface area (Å²) < 4.78 is 50.8. The first-order chi connectivity index (χ1) is 17.1. The van der Waals surface area contributed by atoms with Crippen LogP contribution >= 0.6 is 0 Å². The summed E-state index contributed by atoms with van der Waals surface area (Å²) in [6.45, 7) is 4.22. The van der Waals surface area contributed by atoms with Gasteiger partial charge < -0.3 is 19.7 Å². The van der Waals surface area contributed by atoms with Gasteiger partial charge in [0.1, 0.15) is 31.6 Å². The van der Waals surface area contributed by atoms with E-state index < -0.39 is 34.3 Å². The largest absolute Gasteiger partial charge is 0.486 e. The van der Waals surface area contributed by atoms with Gasteiger partial charge in [0.05, 0.1) is 11.9 Å². The zero-order chi connectivity index (χ0) is 26.3.